The van der Waals surface area contributed by atoms with Gasteiger partial charge in [-0.15, -0.1) is 0 Å². The predicted octanol–water partition coefficient (Wildman–Crippen LogP) is 4.38. The highest BCUT2D eigenvalue weighted by molar-refractivity contribution is 5.78. The van der Waals surface area contributed by atoms with Crippen molar-refractivity contribution in [3.63, 3.8) is 0 Å². The first kappa shape index (κ1) is 11.1. The van der Waals surface area contributed by atoms with E-state index in [2.05, 4.69) is 50.0 Å². The normalized spacial score (nSPS) is 13.2. The van der Waals surface area contributed by atoms with E-state index in [9.17, 15) is 0 Å². The Morgan fingerprint density at radius 2 is 1.94 bits per heavy atom. The number of fused-ring (bicyclic) bond motifs is 1. The van der Waals surface area contributed by atoms with Crippen LogP contribution in [0.4, 0.5) is 0 Å². The first-order valence-corrected chi connectivity index (χ1v) is 6.07. The summed E-state index contributed by atoms with van der Waals surface area (Å²) in [5, 5.41) is 1.25. The minimum Gasteiger partial charge on any atom is -0.256 e. The molecule has 0 aliphatic rings. The predicted molar refractivity (Wildman–Crippen MR) is 69.6 cm³/mol. The van der Waals surface area contributed by atoms with Crippen LogP contribution in [0.3, 0.4) is 0 Å². The van der Waals surface area contributed by atoms with E-state index >= 15 is 0 Å². The first-order valence-electron chi connectivity index (χ1n) is 6.07. The highest BCUT2D eigenvalue weighted by atomic mass is 14.6. The molecular weight excluding hydrogens is 194 g/mol. The highest BCUT2D eigenvalue weighted by Crippen LogP contribution is 2.28. The molecule has 1 nitrogen and oxygen atoms in total. The van der Waals surface area contributed by atoms with E-state index in [1.165, 1.54) is 17.4 Å². The summed E-state index contributed by atoms with van der Waals surface area (Å²) in [4.78, 5) is 4.53. The molecule has 1 heterocycles. The molecule has 0 saturated heterocycles. The minimum absolute atomic E-state index is 0.622. The first-order chi connectivity index (χ1) is 7.72. The Bertz CT molecular complexity index is 474. The topological polar surface area (TPSA) is 12.9 Å². The SMILES string of the molecule is CCC(c1cnc2ccccc2c1)C(C)C. The number of aromatic nitrogens is 1. The third-order valence-corrected chi connectivity index (χ3v) is 3.28. The Morgan fingerprint density at radius 3 is 2.62 bits per heavy atom. The Hall–Kier alpha value is -1.37. The molecule has 0 fully saturated rings. The van der Waals surface area contributed by atoms with Crippen LogP contribution >= 0.6 is 0 Å². The molecule has 0 aliphatic heterocycles. The third-order valence-electron chi connectivity index (χ3n) is 3.28. The maximum absolute atomic E-state index is 4.53. The van der Waals surface area contributed by atoms with Crippen LogP contribution in [0, 0.1) is 5.92 Å². The van der Waals surface area contributed by atoms with Crippen molar-refractivity contribution in [1.82, 2.24) is 4.98 Å². The lowest BCUT2D eigenvalue weighted by molar-refractivity contribution is 0.484. The monoisotopic (exact) mass is 213 g/mol. The molecule has 2 aromatic rings. The van der Waals surface area contributed by atoms with Crippen LogP contribution in [0.1, 0.15) is 38.7 Å². The van der Waals surface area contributed by atoms with Crippen molar-refractivity contribution in [3.05, 3.63) is 42.1 Å². The Kier molecular flexibility index (Phi) is 3.23. The Balaban J connectivity index is 2.45. The van der Waals surface area contributed by atoms with Crippen molar-refractivity contribution in [3.8, 4) is 0 Å². The molecule has 0 radical (unpaired) electrons. The molecule has 0 saturated carbocycles. The van der Waals surface area contributed by atoms with E-state index in [-0.39, 0.29) is 0 Å². The quantitative estimate of drug-likeness (QED) is 0.737. The number of hydrogen-bond acceptors (Lipinski definition) is 1. The lowest BCUT2D eigenvalue weighted by Crippen LogP contribution is -2.05. The van der Waals surface area contributed by atoms with Gasteiger partial charge in [-0.25, -0.2) is 0 Å². The van der Waals surface area contributed by atoms with Gasteiger partial charge in [-0.2, -0.15) is 0 Å². The summed E-state index contributed by atoms with van der Waals surface area (Å²) in [5.41, 5.74) is 2.46. The number of nitrogens with zero attached hydrogens (tertiary/aromatic N) is 1. The van der Waals surface area contributed by atoms with Crippen LogP contribution in [0.5, 0.6) is 0 Å². The van der Waals surface area contributed by atoms with Crippen LogP contribution in [0.15, 0.2) is 36.5 Å². The molecule has 0 N–H and O–H groups in total. The lowest BCUT2D eigenvalue weighted by Gasteiger charge is -2.19. The van der Waals surface area contributed by atoms with Gasteiger partial charge in [0.25, 0.3) is 0 Å². The summed E-state index contributed by atoms with van der Waals surface area (Å²) in [6.45, 7) is 6.81. The van der Waals surface area contributed by atoms with E-state index in [0.29, 0.717) is 11.8 Å². The van der Waals surface area contributed by atoms with E-state index < -0.39 is 0 Å². The van der Waals surface area contributed by atoms with Crippen molar-refractivity contribution < 1.29 is 0 Å². The molecule has 84 valence electrons. The zero-order valence-electron chi connectivity index (χ0n) is 10.3. The van der Waals surface area contributed by atoms with Crippen molar-refractivity contribution in [2.45, 2.75) is 33.1 Å². The maximum atomic E-state index is 4.53. The standard InChI is InChI=1S/C15H19N/c1-4-14(11(2)3)13-9-12-7-5-6-8-15(12)16-10-13/h5-11,14H,4H2,1-3H3. The fourth-order valence-electron chi connectivity index (χ4n) is 2.38. The van der Waals surface area contributed by atoms with Gasteiger partial charge in [-0.1, -0.05) is 39.0 Å². The van der Waals surface area contributed by atoms with Gasteiger partial charge >= 0.3 is 0 Å². The van der Waals surface area contributed by atoms with E-state index in [1.807, 2.05) is 12.3 Å². The number of rotatable bonds is 3. The summed E-state index contributed by atoms with van der Waals surface area (Å²) in [6, 6.07) is 10.6. The average Bonchev–Trinajstić information content (AvgIpc) is 2.29. The second-order valence-electron chi connectivity index (χ2n) is 4.72. The number of benzene rings is 1. The molecule has 16 heavy (non-hydrogen) atoms. The number of hydrogen-bond donors (Lipinski definition) is 0. The number of para-hydroxylation sites is 1. The largest absolute Gasteiger partial charge is 0.256 e. The van der Waals surface area contributed by atoms with Crippen molar-refractivity contribution in [1.29, 1.82) is 0 Å². The van der Waals surface area contributed by atoms with Gasteiger partial charge in [-0.3, -0.25) is 4.98 Å². The molecule has 1 aromatic carbocycles. The molecule has 0 bridgehead atoms. The summed E-state index contributed by atoms with van der Waals surface area (Å²) in [5.74, 6) is 1.30. The molecule has 1 aromatic heterocycles. The van der Waals surface area contributed by atoms with Gasteiger partial charge < -0.3 is 0 Å². The molecular formula is C15H19N. The molecule has 1 heteroatoms. The fourth-order valence-corrected chi connectivity index (χ4v) is 2.38. The van der Waals surface area contributed by atoms with Gasteiger partial charge in [0, 0.05) is 11.6 Å². The number of pyridine rings is 1. The Morgan fingerprint density at radius 1 is 1.19 bits per heavy atom. The van der Waals surface area contributed by atoms with Crippen LogP contribution < -0.4 is 0 Å². The summed E-state index contributed by atoms with van der Waals surface area (Å²) in [7, 11) is 0. The summed E-state index contributed by atoms with van der Waals surface area (Å²) < 4.78 is 0. The van der Waals surface area contributed by atoms with Gasteiger partial charge in [0.05, 0.1) is 5.52 Å². The van der Waals surface area contributed by atoms with Crippen LogP contribution in [-0.2, 0) is 0 Å². The second kappa shape index (κ2) is 4.65. The van der Waals surface area contributed by atoms with Crippen LogP contribution in [-0.4, -0.2) is 4.98 Å². The van der Waals surface area contributed by atoms with Gasteiger partial charge in [0.1, 0.15) is 0 Å². The zero-order valence-corrected chi connectivity index (χ0v) is 10.3. The van der Waals surface area contributed by atoms with Crippen molar-refractivity contribution >= 4 is 10.9 Å². The average molecular weight is 213 g/mol. The molecule has 2 rings (SSSR count). The summed E-state index contributed by atoms with van der Waals surface area (Å²) in [6.07, 6.45) is 3.22. The third kappa shape index (κ3) is 2.08. The molecule has 1 unspecified atom stereocenters. The van der Waals surface area contributed by atoms with Gasteiger partial charge in [-0.05, 0) is 36.0 Å². The van der Waals surface area contributed by atoms with Gasteiger partial charge in [0.15, 0.2) is 0 Å². The minimum atomic E-state index is 0.622. The van der Waals surface area contributed by atoms with E-state index in [1.54, 1.807) is 0 Å². The Labute approximate surface area is 97.5 Å². The summed E-state index contributed by atoms with van der Waals surface area (Å²) >= 11 is 0. The van der Waals surface area contributed by atoms with E-state index in [0.717, 1.165) is 5.52 Å². The molecule has 0 aliphatic carbocycles. The van der Waals surface area contributed by atoms with Crippen molar-refractivity contribution in [2.75, 3.05) is 0 Å². The van der Waals surface area contributed by atoms with Gasteiger partial charge in [0.2, 0.25) is 0 Å². The van der Waals surface area contributed by atoms with E-state index in [4.69, 9.17) is 0 Å². The molecule has 0 amide bonds. The highest BCUT2D eigenvalue weighted by Gasteiger charge is 2.14. The van der Waals surface area contributed by atoms with Crippen molar-refractivity contribution in [2.24, 2.45) is 5.92 Å². The lowest BCUT2D eigenvalue weighted by atomic mass is 9.87. The van der Waals surface area contributed by atoms with Crippen LogP contribution in [0.25, 0.3) is 10.9 Å². The molecule has 1 atom stereocenters. The maximum Gasteiger partial charge on any atom is 0.0702 e. The second-order valence-corrected chi connectivity index (χ2v) is 4.72. The molecule has 0 spiro atoms. The van der Waals surface area contributed by atoms with Crippen LogP contribution in [0.2, 0.25) is 0 Å². The smallest absolute Gasteiger partial charge is 0.0702 e. The fraction of sp³-hybridized carbons (Fsp3) is 0.400. The zero-order chi connectivity index (χ0) is 11.5.